The third kappa shape index (κ3) is 3.96. The van der Waals surface area contributed by atoms with Gasteiger partial charge in [0.25, 0.3) is 0 Å². The molecule has 5 nitrogen and oxygen atoms in total. The monoisotopic (exact) mass is 348 g/mol. The van der Waals surface area contributed by atoms with Crippen molar-refractivity contribution in [3.05, 3.63) is 65.7 Å². The average Bonchev–Trinajstić information content (AvgIpc) is 2.56. The maximum atomic E-state index is 12.5. The molecule has 0 fully saturated rings. The first-order chi connectivity index (χ1) is 11.4. The number of methoxy groups -OCH3 is 1. The summed E-state index contributed by atoms with van der Waals surface area (Å²) in [5, 5.41) is 9.34. The molecule has 0 radical (unpaired) electrons. The van der Waals surface area contributed by atoms with Gasteiger partial charge in [-0.3, -0.25) is 0 Å². The Balaban J connectivity index is 2.50. The smallest absolute Gasteiger partial charge is 0.339 e. The number of ether oxygens (including phenoxy) is 1. The van der Waals surface area contributed by atoms with E-state index in [1.54, 1.807) is 30.3 Å². The minimum atomic E-state index is -4.00. The summed E-state index contributed by atoms with van der Waals surface area (Å²) in [6, 6.07) is 9.61. The number of aliphatic hydroxyl groups is 1. The molecule has 2 aromatic carbocycles. The summed E-state index contributed by atoms with van der Waals surface area (Å²) in [7, 11) is -2.58. The van der Waals surface area contributed by atoms with Crippen molar-refractivity contribution in [2.75, 3.05) is 7.11 Å². The Labute approximate surface area is 142 Å². The van der Waals surface area contributed by atoms with Crippen molar-refractivity contribution in [2.45, 2.75) is 24.8 Å². The maximum absolute atomic E-state index is 12.5. The van der Waals surface area contributed by atoms with Crippen molar-refractivity contribution in [3.63, 3.8) is 0 Å². The van der Waals surface area contributed by atoms with Gasteiger partial charge in [0.15, 0.2) is 11.5 Å². The van der Waals surface area contributed by atoms with Crippen LogP contribution in [0.15, 0.2) is 53.9 Å². The number of hydrogen-bond acceptors (Lipinski definition) is 5. The van der Waals surface area contributed by atoms with Gasteiger partial charge in [0.05, 0.1) is 13.7 Å². The predicted molar refractivity (Wildman–Crippen MR) is 91.8 cm³/mol. The van der Waals surface area contributed by atoms with Gasteiger partial charge in [-0.25, -0.2) is 0 Å². The van der Waals surface area contributed by atoms with Gasteiger partial charge in [-0.05, 0) is 43.2 Å². The van der Waals surface area contributed by atoms with Crippen molar-refractivity contribution in [3.8, 4) is 11.5 Å². The van der Waals surface area contributed by atoms with Gasteiger partial charge < -0.3 is 14.0 Å². The zero-order valence-corrected chi connectivity index (χ0v) is 14.5. The summed E-state index contributed by atoms with van der Waals surface area (Å²) < 4.78 is 35.7. The summed E-state index contributed by atoms with van der Waals surface area (Å²) >= 11 is 0. The van der Waals surface area contributed by atoms with Crippen LogP contribution in [0.4, 0.5) is 0 Å². The van der Waals surface area contributed by atoms with Crippen LogP contribution >= 0.6 is 0 Å². The lowest BCUT2D eigenvalue weighted by molar-refractivity contribution is 0.280. The highest BCUT2D eigenvalue weighted by molar-refractivity contribution is 7.87. The summed E-state index contributed by atoms with van der Waals surface area (Å²) in [5.41, 5.74) is 2.12. The fourth-order valence-electron chi connectivity index (χ4n) is 2.23. The molecule has 0 heterocycles. The molecule has 0 aliphatic heterocycles. The second kappa shape index (κ2) is 7.51. The van der Waals surface area contributed by atoms with Crippen LogP contribution in [-0.2, 0) is 23.1 Å². The molecule has 0 spiro atoms. The van der Waals surface area contributed by atoms with Crippen LogP contribution in [0.5, 0.6) is 11.5 Å². The molecule has 1 N–H and O–H groups in total. The summed E-state index contributed by atoms with van der Waals surface area (Å²) in [5.74, 6) is 0.351. The molecule has 6 heteroatoms. The number of aryl methyl sites for hydroxylation is 1. The van der Waals surface area contributed by atoms with E-state index in [1.807, 2.05) is 6.92 Å². The lowest BCUT2D eigenvalue weighted by Crippen LogP contribution is -2.12. The molecule has 0 aliphatic rings. The van der Waals surface area contributed by atoms with Crippen LogP contribution in [0.25, 0.3) is 0 Å². The van der Waals surface area contributed by atoms with E-state index in [0.29, 0.717) is 17.5 Å². The quantitative estimate of drug-likeness (QED) is 0.615. The van der Waals surface area contributed by atoms with E-state index in [4.69, 9.17) is 8.92 Å². The van der Waals surface area contributed by atoms with Crippen molar-refractivity contribution < 1.29 is 22.4 Å². The van der Waals surface area contributed by atoms with Gasteiger partial charge in [0.1, 0.15) is 4.90 Å². The van der Waals surface area contributed by atoms with Crippen molar-refractivity contribution in [2.24, 2.45) is 0 Å². The van der Waals surface area contributed by atoms with Crippen LogP contribution in [-0.4, -0.2) is 20.6 Å². The van der Waals surface area contributed by atoms with Gasteiger partial charge in [-0.15, -0.1) is 6.58 Å². The highest BCUT2D eigenvalue weighted by Gasteiger charge is 2.22. The SMILES string of the molecule is C=CCc1cc(CO)cc(OC)c1OS(=O)(=O)c1ccc(C)cc1. The molecule has 0 bridgehead atoms. The first-order valence-corrected chi connectivity index (χ1v) is 8.74. The molecule has 0 saturated carbocycles. The first kappa shape index (κ1) is 18.0. The van der Waals surface area contributed by atoms with Crippen molar-refractivity contribution in [1.82, 2.24) is 0 Å². The molecule has 0 aromatic heterocycles. The zero-order chi connectivity index (χ0) is 17.7. The third-order valence-electron chi connectivity index (χ3n) is 3.46. The van der Waals surface area contributed by atoms with Crippen molar-refractivity contribution in [1.29, 1.82) is 0 Å². The van der Waals surface area contributed by atoms with E-state index in [-0.39, 0.29) is 23.0 Å². The molecule has 0 unspecified atom stereocenters. The molecular formula is C18H20O5S. The van der Waals surface area contributed by atoms with Crippen LogP contribution in [0.2, 0.25) is 0 Å². The van der Waals surface area contributed by atoms with Crippen LogP contribution < -0.4 is 8.92 Å². The number of rotatable bonds is 7. The van der Waals surface area contributed by atoms with E-state index in [9.17, 15) is 13.5 Å². The number of allylic oxidation sites excluding steroid dienone is 1. The fraction of sp³-hybridized carbons (Fsp3) is 0.222. The highest BCUT2D eigenvalue weighted by Crippen LogP contribution is 2.35. The molecule has 0 amide bonds. The highest BCUT2D eigenvalue weighted by atomic mass is 32.2. The van der Waals surface area contributed by atoms with Crippen LogP contribution in [0, 0.1) is 6.92 Å². The summed E-state index contributed by atoms with van der Waals surface area (Å²) in [6.07, 6.45) is 2.00. The average molecular weight is 348 g/mol. The Morgan fingerprint density at radius 2 is 1.88 bits per heavy atom. The topological polar surface area (TPSA) is 72.8 Å². The van der Waals surface area contributed by atoms with Crippen LogP contribution in [0.1, 0.15) is 16.7 Å². The minimum absolute atomic E-state index is 0.0611. The Bertz CT molecular complexity index is 823. The Morgan fingerprint density at radius 1 is 1.21 bits per heavy atom. The second-order valence-electron chi connectivity index (χ2n) is 5.29. The molecule has 128 valence electrons. The van der Waals surface area contributed by atoms with E-state index in [0.717, 1.165) is 5.56 Å². The van der Waals surface area contributed by atoms with Gasteiger partial charge in [-0.2, -0.15) is 8.42 Å². The zero-order valence-electron chi connectivity index (χ0n) is 13.7. The predicted octanol–water partition coefficient (Wildman–Crippen LogP) is 2.99. The van der Waals surface area contributed by atoms with E-state index >= 15 is 0 Å². The number of benzene rings is 2. The molecule has 0 aliphatic carbocycles. The lowest BCUT2D eigenvalue weighted by atomic mass is 10.1. The van der Waals surface area contributed by atoms with Gasteiger partial charge >= 0.3 is 10.1 Å². The van der Waals surface area contributed by atoms with Gasteiger partial charge in [0.2, 0.25) is 0 Å². The van der Waals surface area contributed by atoms with Crippen molar-refractivity contribution >= 4 is 10.1 Å². The lowest BCUT2D eigenvalue weighted by Gasteiger charge is -2.16. The number of aliphatic hydroxyl groups excluding tert-OH is 1. The van der Waals surface area contributed by atoms with Gasteiger partial charge in [0, 0.05) is 5.56 Å². The number of hydrogen-bond donors (Lipinski definition) is 1. The Kier molecular flexibility index (Phi) is 5.64. The van der Waals surface area contributed by atoms with E-state index in [1.165, 1.54) is 19.2 Å². The summed E-state index contributed by atoms with van der Waals surface area (Å²) in [4.78, 5) is 0.0611. The maximum Gasteiger partial charge on any atom is 0.339 e. The van der Waals surface area contributed by atoms with E-state index < -0.39 is 10.1 Å². The fourth-order valence-corrected chi connectivity index (χ4v) is 3.20. The Hall–Kier alpha value is -2.31. The van der Waals surface area contributed by atoms with E-state index in [2.05, 4.69) is 6.58 Å². The third-order valence-corrected chi connectivity index (χ3v) is 4.70. The summed E-state index contributed by atoms with van der Waals surface area (Å²) in [6.45, 7) is 5.35. The molecule has 0 saturated heterocycles. The molecule has 0 atom stereocenters. The Morgan fingerprint density at radius 3 is 2.42 bits per heavy atom. The van der Waals surface area contributed by atoms with Gasteiger partial charge in [-0.1, -0.05) is 23.8 Å². The molecule has 24 heavy (non-hydrogen) atoms. The normalized spacial score (nSPS) is 11.1. The second-order valence-corrected chi connectivity index (χ2v) is 6.83. The molecule has 2 aromatic rings. The minimum Gasteiger partial charge on any atom is -0.493 e. The van der Waals surface area contributed by atoms with Crippen LogP contribution in [0.3, 0.4) is 0 Å². The molecule has 2 rings (SSSR count). The molecular weight excluding hydrogens is 328 g/mol. The largest absolute Gasteiger partial charge is 0.493 e. The standard InChI is InChI=1S/C18H20O5S/c1-4-5-15-10-14(12-19)11-17(22-3)18(15)23-24(20,21)16-8-6-13(2)7-9-16/h4,6-11,19H,1,5,12H2,2-3H3. The first-order valence-electron chi connectivity index (χ1n) is 7.34.